The number of hydrogen-bond donors (Lipinski definition) is 7. The molecule has 47 heavy (non-hydrogen) atoms. The molecule has 0 spiro atoms. The second-order valence-electron chi connectivity index (χ2n) is 10.1. The second-order valence-corrected chi connectivity index (χ2v) is 12.1. The van der Waals surface area contributed by atoms with Crippen LogP contribution in [0.25, 0.3) is 11.4 Å². The Kier molecular flexibility index (Phi) is 8.26. The standard InChI is InChI=1S/C27H23N9O9S2/c28-27-29-14(10-47-27)19(33-45-8-11-1-3-15(37)17(39)5-11)23(41)30-20-24(42)36-21(26(43)44)13(9-46-25(20)36)7-35-32-22(31-34-35)12-2-4-16(38)18(40)6-12/h1-6,10,20,25,37-40H,7-9H2,(H2,28,29)(H,30,41)(H,43,44)/b33-19-/t20-,25-/m1/s1. The van der Waals surface area contributed by atoms with Gasteiger partial charge >= 0.3 is 5.97 Å². The Morgan fingerprint density at radius 3 is 2.51 bits per heavy atom. The largest absolute Gasteiger partial charge is 0.504 e. The number of nitrogen functional groups attached to an aromatic ring is 1. The van der Waals surface area contributed by atoms with Crippen LogP contribution in [0.5, 0.6) is 23.0 Å². The molecular formula is C27H23N9O9S2. The van der Waals surface area contributed by atoms with E-state index < -0.39 is 29.2 Å². The van der Waals surface area contributed by atoms with Crippen LogP contribution in [0.3, 0.4) is 0 Å². The van der Waals surface area contributed by atoms with Gasteiger partial charge in [-0.1, -0.05) is 11.2 Å². The number of carbonyl (C=O) groups is 3. The number of β-lactam (4-membered cyclic amide) rings is 1. The third-order valence-electron chi connectivity index (χ3n) is 6.96. The number of oxime groups is 1. The molecule has 242 valence electrons. The number of fused-ring (bicyclic) bond motifs is 1. The van der Waals surface area contributed by atoms with E-state index in [9.17, 15) is 39.9 Å². The number of rotatable bonds is 10. The number of nitrogens with two attached hydrogens (primary N) is 1. The second kappa shape index (κ2) is 12.5. The summed E-state index contributed by atoms with van der Waals surface area (Å²) in [5.41, 5.74) is 6.37. The van der Waals surface area contributed by atoms with Crippen LogP contribution in [0.15, 0.2) is 58.2 Å². The first kappa shape index (κ1) is 31.1. The minimum atomic E-state index is -1.36. The van der Waals surface area contributed by atoms with Crippen molar-refractivity contribution < 1.29 is 44.8 Å². The lowest BCUT2D eigenvalue weighted by atomic mass is 10.0. The van der Waals surface area contributed by atoms with Crippen molar-refractivity contribution in [2.75, 3.05) is 11.5 Å². The number of nitrogens with zero attached hydrogens (tertiary/aromatic N) is 7. The predicted molar refractivity (Wildman–Crippen MR) is 164 cm³/mol. The van der Waals surface area contributed by atoms with Crippen molar-refractivity contribution in [3.63, 3.8) is 0 Å². The molecule has 2 atom stereocenters. The number of nitrogens with one attached hydrogen (secondary N) is 1. The van der Waals surface area contributed by atoms with Crippen molar-refractivity contribution in [3.05, 3.63) is 64.3 Å². The van der Waals surface area contributed by atoms with E-state index in [0.29, 0.717) is 16.7 Å². The van der Waals surface area contributed by atoms with E-state index in [1.54, 1.807) is 0 Å². The fourth-order valence-corrected chi connectivity index (χ4v) is 6.59. The molecule has 4 heterocycles. The number of carboxylic acids is 1. The summed E-state index contributed by atoms with van der Waals surface area (Å²) in [6.45, 7) is -0.300. The summed E-state index contributed by atoms with van der Waals surface area (Å²) in [6.07, 6.45) is 0. The average Bonchev–Trinajstić information content (AvgIpc) is 3.69. The van der Waals surface area contributed by atoms with Gasteiger partial charge in [0.25, 0.3) is 11.8 Å². The van der Waals surface area contributed by atoms with Gasteiger partial charge in [-0.3, -0.25) is 14.5 Å². The maximum absolute atomic E-state index is 13.4. The Balaban J connectivity index is 1.17. The van der Waals surface area contributed by atoms with Gasteiger partial charge in [-0.2, -0.15) is 4.80 Å². The number of phenols is 4. The molecule has 0 aliphatic carbocycles. The predicted octanol–water partition coefficient (Wildman–Crippen LogP) is 0.561. The Morgan fingerprint density at radius 2 is 1.83 bits per heavy atom. The van der Waals surface area contributed by atoms with Gasteiger partial charge in [-0.15, -0.1) is 33.3 Å². The number of aromatic nitrogens is 5. The molecule has 2 aromatic carbocycles. The first-order valence-electron chi connectivity index (χ1n) is 13.4. The Hall–Kier alpha value is -5.89. The van der Waals surface area contributed by atoms with Crippen LogP contribution in [0.4, 0.5) is 5.13 Å². The number of hydrogen-bond acceptors (Lipinski definition) is 16. The smallest absolute Gasteiger partial charge is 0.352 e. The molecule has 2 amide bonds. The number of anilines is 1. The summed E-state index contributed by atoms with van der Waals surface area (Å²) in [5, 5.41) is 68.0. The average molecular weight is 682 g/mol. The summed E-state index contributed by atoms with van der Waals surface area (Å²) in [6, 6.07) is 6.88. The molecular weight excluding hydrogens is 658 g/mol. The highest BCUT2D eigenvalue weighted by molar-refractivity contribution is 8.00. The van der Waals surface area contributed by atoms with Gasteiger partial charge in [-0.25, -0.2) is 9.78 Å². The molecule has 20 heteroatoms. The quantitative estimate of drug-likeness (QED) is 0.0521. The van der Waals surface area contributed by atoms with Crippen molar-refractivity contribution in [3.8, 4) is 34.4 Å². The van der Waals surface area contributed by atoms with E-state index in [1.807, 2.05) is 0 Å². The van der Waals surface area contributed by atoms with Crippen LogP contribution < -0.4 is 11.1 Å². The number of benzene rings is 2. The molecule has 0 radical (unpaired) electrons. The van der Waals surface area contributed by atoms with Crippen molar-refractivity contribution in [2.45, 2.75) is 24.6 Å². The minimum Gasteiger partial charge on any atom is -0.504 e. The third-order valence-corrected chi connectivity index (χ3v) is 8.98. The zero-order valence-corrected chi connectivity index (χ0v) is 25.3. The lowest BCUT2D eigenvalue weighted by Gasteiger charge is -2.49. The molecule has 2 aromatic heterocycles. The van der Waals surface area contributed by atoms with Crippen LogP contribution in [-0.2, 0) is 32.4 Å². The molecule has 2 aliphatic rings. The molecule has 2 aliphatic heterocycles. The fraction of sp³-hybridized carbons (Fsp3) is 0.185. The lowest BCUT2D eigenvalue weighted by Crippen LogP contribution is -2.71. The molecule has 4 aromatic rings. The van der Waals surface area contributed by atoms with E-state index in [0.717, 1.165) is 21.0 Å². The maximum Gasteiger partial charge on any atom is 0.352 e. The number of aromatic hydroxyl groups is 4. The molecule has 8 N–H and O–H groups in total. The minimum absolute atomic E-state index is 0.0779. The Labute approximate surface area is 271 Å². The van der Waals surface area contributed by atoms with Crippen LogP contribution in [0.1, 0.15) is 11.3 Å². The number of thiazole rings is 1. The zero-order valence-electron chi connectivity index (χ0n) is 23.7. The SMILES string of the molecule is Nc1nc(/C(=N/OCc2ccc(O)c(O)c2)C(=O)N[C@@H]2C(=O)N3C(C(=O)O)=C(Cn4nnc(-c5ccc(O)c(O)c5)n4)CS[C@H]23)cs1. The molecule has 1 saturated heterocycles. The number of thioether (sulfide) groups is 1. The first-order valence-corrected chi connectivity index (χ1v) is 15.4. The number of amides is 2. The number of carbonyl (C=O) groups excluding carboxylic acids is 2. The van der Waals surface area contributed by atoms with Gasteiger partial charge in [0, 0.05) is 16.7 Å². The highest BCUT2D eigenvalue weighted by Crippen LogP contribution is 2.41. The number of aliphatic carboxylic acids is 1. The normalized spacial score (nSPS) is 17.7. The van der Waals surface area contributed by atoms with E-state index in [-0.39, 0.29) is 70.0 Å². The maximum atomic E-state index is 13.4. The number of carboxylic acid groups (broad SMARTS) is 1. The summed E-state index contributed by atoms with van der Waals surface area (Å²) in [4.78, 5) is 50.6. The van der Waals surface area contributed by atoms with Crippen LogP contribution in [-0.4, -0.2) is 96.3 Å². The van der Waals surface area contributed by atoms with Crippen molar-refractivity contribution in [2.24, 2.45) is 5.16 Å². The molecule has 0 bridgehead atoms. The van der Waals surface area contributed by atoms with E-state index in [4.69, 9.17) is 10.6 Å². The van der Waals surface area contributed by atoms with Crippen LogP contribution in [0.2, 0.25) is 0 Å². The Bertz CT molecular complexity index is 1980. The van der Waals surface area contributed by atoms with Gasteiger partial charge in [0.1, 0.15) is 29.4 Å². The zero-order chi connectivity index (χ0) is 33.4. The highest BCUT2D eigenvalue weighted by atomic mass is 32.2. The monoisotopic (exact) mass is 681 g/mol. The summed E-state index contributed by atoms with van der Waals surface area (Å²) < 4.78 is 0. The van der Waals surface area contributed by atoms with Gasteiger partial charge in [0.15, 0.2) is 33.8 Å². The summed E-state index contributed by atoms with van der Waals surface area (Å²) >= 11 is 2.27. The highest BCUT2D eigenvalue weighted by Gasteiger charge is 2.54. The molecule has 6 rings (SSSR count). The lowest BCUT2D eigenvalue weighted by molar-refractivity contribution is -0.150. The number of tetrazole rings is 1. The molecule has 1 fully saturated rings. The van der Waals surface area contributed by atoms with Crippen LogP contribution >= 0.6 is 23.1 Å². The third kappa shape index (κ3) is 6.18. The molecule has 18 nitrogen and oxygen atoms in total. The first-order chi connectivity index (χ1) is 22.5. The van der Waals surface area contributed by atoms with Gasteiger partial charge in [0.2, 0.25) is 5.82 Å². The summed E-state index contributed by atoms with van der Waals surface area (Å²) in [5.74, 6) is -3.97. The fourth-order valence-electron chi connectivity index (χ4n) is 4.70. The van der Waals surface area contributed by atoms with Crippen LogP contribution in [0, 0.1) is 0 Å². The summed E-state index contributed by atoms with van der Waals surface area (Å²) in [7, 11) is 0. The van der Waals surface area contributed by atoms with Crippen molar-refractivity contribution in [1.29, 1.82) is 0 Å². The van der Waals surface area contributed by atoms with E-state index in [1.165, 1.54) is 53.5 Å². The van der Waals surface area contributed by atoms with Gasteiger partial charge in [0.05, 0.1) is 6.54 Å². The van der Waals surface area contributed by atoms with Gasteiger partial charge < -0.3 is 41.4 Å². The van der Waals surface area contributed by atoms with Crippen molar-refractivity contribution in [1.82, 2.24) is 35.4 Å². The number of phenolic OH excluding ortho intramolecular Hbond substituents is 4. The topological polar surface area (TPSA) is 272 Å². The van der Waals surface area contributed by atoms with Crippen molar-refractivity contribution >= 4 is 51.7 Å². The molecule has 0 saturated carbocycles. The van der Waals surface area contributed by atoms with E-state index in [2.05, 4.69) is 30.9 Å². The Morgan fingerprint density at radius 1 is 1.09 bits per heavy atom. The van der Waals surface area contributed by atoms with E-state index >= 15 is 0 Å². The van der Waals surface area contributed by atoms with Gasteiger partial charge in [-0.05, 0) is 46.7 Å². The molecule has 0 unspecified atom stereocenters.